The van der Waals surface area contributed by atoms with Crippen LogP contribution in [0.2, 0.25) is 0 Å². The highest BCUT2D eigenvalue weighted by Crippen LogP contribution is 2.28. The molecule has 2 N–H and O–H groups in total. The fourth-order valence-corrected chi connectivity index (χ4v) is 3.50. The number of rotatable bonds is 5. The number of anilines is 1. The number of amides is 1. The Bertz CT molecular complexity index is 1180. The van der Waals surface area contributed by atoms with Gasteiger partial charge in [0, 0.05) is 5.69 Å². The summed E-state index contributed by atoms with van der Waals surface area (Å²) in [4.78, 5) is 16.6. The average Bonchev–Trinajstić information content (AvgIpc) is 3.06. The Balaban J connectivity index is 2.02. The number of phenolic OH excluding ortho intramolecular Hbond substituents is 1. The second-order valence-corrected chi connectivity index (χ2v) is 8.23. The van der Waals surface area contributed by atoms with Crippen LogP contribution in [0.3, 0.4) is 0 Å². The Hall–Kier alpha value is -3.08. The number of hydrogen-bond acceptors (Lipinski definition) is 6. The van der Waals surface area contributed by atoms with Gasteiger partial charge in [-0.1, -0.05) is 6.92 Å². The first-order chi connectivity index (χ1) is 13.1. The molecule has 2 aromatic heterocycles. The quantitative estimate of drug-likeness (QED) is 0.625. The van der Waals surface area contributed by atoms with E-state index in [1.807, 2.05) is 0 Å². The van der Waals surface area contributed by atoms with E-state index in [0.717, 1.165) is 28.9 Å². The average molecular weight is 410 g/mol. The highest BCUT2D eigenvalue weighted by Gasteiger charge is 2.22. The SMILES string of the molecule is CCS(=O)(=O)c1ccc(O)c(NC(=O)c2cnn3c(C(F)F)cc(C)nc23)c1. The first kappa shape index (κ1) is 19.7. The Labute approximate surface area is 158 Å². The lowest BCUT2D eigenvalue weighted by molar-refractivity contribution is 0.102. The molecule has 0 atom stereocenters. The summed E-state index contributed by atoms with van der Waals surface area (Å²) >= 11 is 0. The summed E-state index contributed by atoms with van der Waals surface area (Å²) in [6.45, 7) is 2.97. The molecule has 1 aromatic carbocycles. The predicted molar refractivity (Wildman–Crippen MR) is 96.5 cm³/mol. The Morgan fingerprint density at radius 1 is 1.32 bits per heavy atom. The molecule has 0 bridgehead atoms. The van der Waals surface area contributed by atoms with Crippen molar-refractivity contribution in [1.82, 2.24) is 14.6 Å². The maximum Gasteiger partial charge on any atom is 0.280 e. The van der Waals surface area contributed by atoms with Crippen LogP contribution in [0.25, 0.3) is 5.65 Å². The molecule has 0 unspecified atom stereocenters. The lowest BCUT2D eigenvalue weighted by Crippen LogP contribution is -2.14. The van der Waals surface area contributed by atoms with Gasteiger partial charge in [0.2, 0.25) is 0 Å². The van der Waals surface area contributed by atoms with Gasteiger partial charge in [0.25, 0.3) is 12.3 Å². The molecule has 0 aliphatic rings. The summed E-state index contributed by atoms with van der Waals surface area (Å²) in [7, 11) is -3.56. The van der Waals surface area contributed by atoms with Crippen LogP contribution >= 0.6 is 0 Å². The van der Waals surface area contributed by atoms with Crippen molar-refractivity contribution in [1.29, 1.82) is 0 Å². The maximum absolute atomic E-state index is 13.2. The number of fused-ring (bicyclic) bond motifs is 1. The molecule has 0 radical (unpaired) electrons. The van der Waals surface area contributed by atoms with Gasteiger partial charge < -0.3 is 10.4 Å². The molecule has 0 saturated carbocycles. The summed E-state index contributed by atoms with van der Waals surface area (Å²) in [5, 5.41) is 16.1. The first-order valence-electron chi connectivity index (χ1n) is 8.14. The van der Waals surface area contributed by atoms with Crippen molar-refractivity contribution in [3.8, 4) is 5.75 Å². The molecule has 8 nitrogen and oxygen atoms in total. The van der Waals surface area contributed by atoms with Crippen molar-refractivity contribution in [2.45, 2.75) is 25.2 Å². The van der Waals surface area contributed by atoms with Gasteiger partial charge in [0.15, 0.2) is 15.5 Å². The van der Waals surface area contributed by atoms with Crippen LogP contribution in [0, 0.1) is 6.92 Å². The van der Waals surface area contributed by atoms with Gasteiger partial charge in [-0.25, -0.2) is 26.7 Å². The van der Waals surface area contributed by atoms with Gasteiger partial charge in [0.05, 0.1) is 22.5 Å². The number of aromatic nitrogens is 3. The summed E-state index contributed by atoms with van der Waals surface area (Å²) in [6, 6.07) is 4.66. The number of alkyl halides is 2. The monoisotopic (exact) mass is 410 g/mol. The molecule has 3 rings (SSSR count). The van der Waals surface area contributed by atoms with E-state index in [-0.39, 0.29) is 39.0 Å². The van der Waals surface area contributed by atoms with Crippen LogP contribution in [0.4, 0.5) is 14.5 Å². The third-order valence-electron chi connectivity index (χ3n) is 4.05. The first-order valence-corrected chi connectivity index (χ1v) is 9.80. The minimum absolute atomic E-state index is 0.0723. The van der Waals surface area contributed by atoms with Crippen molar-refractivity contribution in [2.24, 2.45) is 0 Å². The number of nitrogens with one attached hydrogen (secondary N) is 1. The Kier molecular flexibility index (Phi) is 5.02. The number of carbonyl (C=O) groups is 1. The second-order valence-electron chi connectivity index (χ2n) is 5.95. The van der Waals surface area contributed by atoms with E-state index in [0.29, 0.717) is 0 Å². The van der Waals surface area contributed by atoms with Crippen LogP contribution in [0.5, 0.6) is 5.75 Å². The molecular formula is C17H16F2N4O4S. The van der Waals surface area contributed by atoms with Crippen LogP contribution in [0.15, 0.2) is 35.4 Å². The topological polar surface area (TPSA) is 114 Å². The van der Waals surface area contributed by atoms with Gasteiger partial charge in [-0.3, -0.25) is 4.79 Å². The second kappa shape index (κ2) is 7.15. The number of aromatic hydroxyl groups is 1. The molecule has 3 aromatic rings. The number of benzene rings is 1. The van der Waals surface area contributed by atoms with Gasteiger partial charge in [0.1, 0.15) is 17.0 Å². The van der Waals surface area contributed by atoms with E-state index in [1.165, 1.54) is 19.9 Å². The summed E-state index contributed by atoms with van der Waals surface area (Å²) in [6.07, 6.45) is -1.74. The van der Waals surface area contributed by atoms with E-state index in [1.54, 1.807) is 0 Å². The standard InChI is InChI=1S/C17H16F2N4O4S/c1-3-28(26,27)10-4-5-14(24)12(7-10)22-17(25)11-8-20-23-13(15(18)19)6-9(2)21-16(11)23/h4-8,15,24H,3H2,1-2H3,(H,22,25). The lowest BCUT2D eigenvalue weighted by atomic mass is 10.2. The van der Waals surface area contributed by atoms with Crippen LogP contribution < -0.4 is 5.32 Å². The summed E-state index contributed by atoms with van der Waals surface area (Å²) in [5.41, 5.74) is -0.462. The zero-order valence-corrected chi connectivity index (χ0v) is 15.7. The zero-order chi connectivity index (χ0) is 20.6. The van der Waals surface area contributed by atoms with Crippen molar-refractivity contribution in [2.75, 3.05) is 11.1 Å². The number of hydrogen-bond donors (Lipinski definition) is 2. The van der Waals surface area contributed by atoms with Crippen LogP contribution in [-0.2, 0) is 9.84 Å². The number of aryl methyl sites for hydroxylation is 1. The number of sulfone groups is 1. The van der Waals surface area contributed by atoms with Crippen molar-refractivity contribution < 1.29 is 27.1 Å². The van der Waals surface area contributed by atoms with E-state index >= 15 is 0 Å². The smallest absolute Gasteiger partial charge is 0.280 e. The number of halogens is 2. The molecule has 28 heavy (non-hydrogen) atoms. The van der Waals surface area contributed by atoms with Gasteiger partial charge in [-0.05, 0) is 31.2 Å². The zero-order valence-electron chi connectivity index (χ0n) is 14.8. The van der Waals surface area contributed by atoms with Crippen molar-refractivity contribution in [3.63, 3.8) is 0 Å². The van der Waals surface area contributed by atoms with Crippen LogP contribution in [0.1, 0.15) is 35.1 Å². The number of carbonyl (C=O) groups excluding carboxylic acids is 1. The van der Waals surface area contributed by atoms with E-state index < -0.39 is 27.9 Å². The Morgan fingerprint density at radius 3 is 2.68 bits per heavy atom. The minimum Gasteiger partial charge on any atom is -0.506 e. The maximum atomic E-state index is 13.2. The third-order valence-corrected chi connectivity index (χ3v) is 5.78. The molecule has 0 saturated heterocycles. The van der Waals surface area contributed by atoms with Gasteiger partial charge in [-0.2, -0.15) is 5.10 Å². The van der Waals surface area contributed by atoms with Gasteiger partial charge >= 0.3 is 0 Å². The van der Waals surface area contributed by atoms with E-state index in [4.69, 9.17) is 0 Å². The molecule has 11 heteroatoms. The molecule has 2 heterocycles. The molecule has 1 amide bonds. The van der Waals surface area contributed by atoms with E-state index in [2.05, 4.69) is 15.4 Å². The van der Waals surface area contributed by atoms with Crippen molar-refractivity contribution >= 4 is 27.1 Å². The predicted octanol–water partition coefficient (Wildman–Crippen LogP) is 2.73. The molecule has 0 fully saturated rings. The molecule has 148 valence electrons. The fraction of sp³-hybridized carbons (Fsp3) is 0.235. The number of phenols is 1. The third kappa shape index (κ3) is 3.52. The molecule has 0 aliphatic carbocycles. The van der Waals surface area contributed by atoms with Gasteiger partial charge in [-0.15, -0.1) is 0 Å². The molecular weight excluding hydrogens is 394 g/mol. The molecule has 0 aliphatic heterocycles. The summed E-state index contributed by atoms with van der Waals surface area (Å²) < 4.78 is 51.3. The Morgan fingerprint density at radius 2 is 2.04 bits per heavy atom. The minimum atomic E-state index is -3.56. The van der Waals surface area contributed by atoms with E-state index in [9.17, 15) is 27.1 Å². The summed E-state index contributed by atoms with van der Waals surface area (Å²) in [5.74, 6) is -1.29. The highest BCUT2D eigenvalue weighted by molar-refractivity contribution is 7.91. The van der Waals surface area contributed by atoms with Crippen LogP contribution in [-0.4, -0.2) is 39.8 Å². The number of nitrogens with zero attached hydrogens (tertiary/aromatic N) is 3. The highest BCUT2D eigenvalue weighted by atomic mass is 32.2. The lowest BCUT2D eigenvalue weighted by Gasteiger charge is -2.09. The normalized spacial score (nSPS) is 11.9. The largest absolute Gasteiger partial charge is 0.506 e. The fourth-order valence-electron chi connectivity index (χ4n) is 2.59. The van der Waals surface area contributed by atoms with Crippen molar-refractivity contribution in [3.05, 3.63) is 47.4 Å². The molecule has 0 spiro atoms.